The lowest BCUT2D eigenvalue weighted by atomic mass is 10.1. The van der Waals surface area contributed by atoms with E-state index in [1.165, 1.54) is 0 Å². The zero-order chi connectivity index (χ0) is 14.6. The number of unbranched alkanes of at least 4 members (excludes halogenated alkanes) is 2. The number of hydrogen-bond donors (Lipinski definition) is 3. The molecule has 20 heavy (non-hydrogen) atoms. The van der Waals surface area contributed by atoms with E-state index in [1.807, 2.05) is 30.3 Å². The molecule has 110 valence electrons. The summed E-state index contributed by atoms with van der Waals surface area (Å²) < 4.78 is 0. The summed E-state index contributed by atoms with van der Waals surface area (Å²) in [5.74, 6) is -1.19. The van der Waals surface area contributed by atoms with Crippen LogP contribution in [0, 0.1) is 0 Å². The molecule has 0 bridgehead atoms. The highest BCUT2D eigenvalue weighted by Crippen LogP contribution is 1.98. The Balaban J connectivity index is 2.11. The van der Waals surface area contributed by atoms with Crippen molar-refractivity contribution in [3.05, 3.63) is 35.9 Å². The smallest absolute Gasteiger partial charge is 0.309 e. The number of aliphatic hydroxyl groups is 1. The minimum absolute atomic E-state index is 0.161. The van der Waals surface area contributed by atoms with E-state index in [0.29, 0.717) is 19.5 Å². The second kappa shape index (κ2) is 9.97. The average Bonchev–Trinajstić information content (AvgIpc) is 2.47. The standard InChI is InChI=1S/C15H22N2O3/c18-12-6-2-5-10-16-14(19)15(20)17-11-9-13-7-3-1-4-8-13/h1,3-4,7-8,18H,2,5-6,9-12H2,(H,16,19)(H,17,20). The topological polar surface area (TPSA) is 78.4 Å². The maximum Gasteiger partial charge on any atom is 0.309 e. The summed E-state index contributed by atoms with van der Waals surface area (Å²) in [5, 5.41) is 13.8. The van der Waals surface area contributed by atoms with Gasteiger partial charge in [0.05, 0.1) is 0 Å². The molecule has 2 amide bonds. The minimum Gasteiger partial charge on any atom is -0.396 e. The molecule has 5 heteroatoms. The molecule has 0 spiro atoms. The summed E-state index contributed by atoms with van der Waals surface area (Å²) >= 11 is 0. The SMILES string of the molecule is O=C(NCCCCCO)C(=O)NCCc1ccccc1. The Kier molecular flexibility index (Phi) is 8.07. The van der Waals surface area contributed by atoms with Crippen LogP contribution in [0.15, 0.2) is 30.3 Å². The van der Waals surface area contributed by atoms with E-state index < -0.39 is 11.8 Å². The molecule has 1 aromatic carbocycles. The summed E-state index contributed by atoms with van der Waals surface area (Å²) in [5.41, 5.74) is 1.12. The molecule has 1 aromatic rings. The van der Waals surface area contributed by atoms with Gasteiger partial charge < -0.3 is 15.7 Å². The summed E-state index contributed by atoms with van der Waals surface area (Å²) in [7, 11) is 0. The summed E-state index contributed by atoms with van der Waals surface area (Å²) in [6.07, 6.45) is 3.03. The van der Waals surface area contributed by atoms with Crippen molar-refractivity contribution in [1.29, 1.82) is 0 Å². The first-order valence-corrected chi connectivity index (χ1v) is 6.95. The van der Waals surface area contributed by atoms with Crippen LogP contribution in [0.25, 0.3) is 0 Å². The Morgan fingerprint density at radius 2 is 1.55 bits per heavy atom. The van der Waals surface area contributed by atoms with Gasteiger partial charge >= 0.3 is 11.8 Å². The fourth-order valence-corrected chi connectivity index (χ4v) is 1.74. The highest BCUT2D eigenvalue weighted by atomic mass is 16.3. The Hall–Kier alpha value is -1.88. The number of amides is 2. The molecule has 1 rings (SSSR count). The van der Waals surface area contributed by atoms with Crippen LogP contribution < -0.4 is 10.6 Å². The Morgan fingerprint density at radius 3 is 2.20 bits per heavy atom. The second-order valence-electron chi connectivity index (χ2n) is 4.53. The second-order valence-corrected chi connectivity index (χ2v) is 4.53. The van der Waals surface area contributed by atoms with E-state index in [0.717, 1.165) is 24.8 Å². The molecule has 0 saturated carbocycles. The maximum absolute atomic E-state index is 11.5. The fraction of sp³-hybridized carbons (Fsp3) is 0.467. The van der Waals surface area contributed by atoms with Crippen molar-refractivity contribution in [3.63, 3.8) is 0 Å². The van der Waals surface area contributed by atoms with Crippen molar-refractivity contribution in [2.45, 2.75) is 25.7 Å². The Labute approximate surface area is 119 Å². The molecule has 0 aromatic heterocycles. The quantitative estimate of drug-likeness (QED) is 0.482. The summed E-state index contributed by atoms with van der Waals surface area (Å²) in [6.45, 7) is 1.07. The number of benzene rings is 1. The Bertz CT molecular complexity index is 407. The average molecular weight is 278 g/mol. The van der Waals surface area contributed by atoms with E-state index in [2.05, 4.69) is 10.6 Å². The summed E-state index contributed by atoms with van der Waals surface area (Å²) in [4.78, 5) is 22.9. The van der Waals surface area contributed by atoms with Gasteiger partial charge in [-0.3, -0.25) is 9.59 Å². The molecule has 3 N–H and O–H groups in total. The molecule has 5 nitrogen and oxygen atoms in total. The van der Waals surface area contributed by atoms with Gasteiger partial charge in [0.2, 0.25) is 0 Å². The largest absolute Gasteiger partial charge is 0.396 e. The van der Waals surface area contributed by atoms with E-state index >= 15 is 0 Å². The number of hydrogen-bond acceptors (Lipinski definition) is 3. The molecule has 0 aliphatic carbocycles. The number of rotatable bonds is 8. The van der Waals surface area contributed by atoms with E-state index in [1.54, 1.807) is 0 Å². The van der Waals surface area contributed by atoms with Crippen LogP contribution in [-0.4, -0.2) is 36.6 Å². The van der Waals surface area contributed by atoms with Gasteiger partial charge in [-0.25, -0.2) is 0 Å². The number of carbonyl (C=O) groups is 2. The zero-order valence-electron chi connectivity index (χ0n) is 11.6. The van der Waals surface area contributed by atoms with Crippen LogP contribution in [0.1, 0.15) is 24.8 Å². The van der Waals surface area contributed by atoms with Crippen LogP contribution in [0.4, 0.5) is 0 Å². The van der Waals surface area contributed by atoms with E-state index in [9.17, 15) is 9.59 Å². The van der Waals surface area contributed by atoms with Crippen LogP contribution in [0.2, 0.25) is 0 Å². The summed E-state index contributed by atoms with van der Waals surface area (Å²) in [6, 6.07) is 9.78. The zero-order valence-corrected chi connectivity index (χ0v) is 11.6. The first-order valence-electron chi connectivity index (χ1n) is 6.95. The molecule has 0 heterocycles. The van der Waals surface area contributed by atoms with Crippen LogP contribution in [0.5, 0.6) is 0 Å². The van der Waals surface area contributed by atoms with Gasteiger partial charge in [-0.2, -0.15) is 0 Å². The fourth-order valence-electron chi connectivity index (χ4n) is 1.74. The number of aliphatic hydroxyl groups excluding tert-OH is 1. The molecule has 0 radical (unpaired) electrons. The van der Waals surface area contributed by atoms with Crippen molar-refractivity contribution < 1.29 is 14.7 Å². The van der Waals surface area contributed by atoms with Crippen molar-refractivity contribution >= 4 is 11.8 Å². The third-order valence-electron chi connectivity index (χ3n) is 2.87. The molecule has 0 saturated heterocycles. The predicted octanol–water partition coefficient (Wildman–Crippen LogP) is 0.624. The molecule has 0 aliphatic rings. The van der Waals surface area contributed by atoms with Crippen LogP contribution in [-0.2, 0) is 16.0 Å². The lowest BCUT2D eigenvalue weighted by Gasteiger charge is -2.06. The highest BCUT2D eigenvalue weighted by Gasteiger charge is 2.11. The van der Waals surface area contributed by atoms with Gasteiger partial charge in [-0.15, -0.1) is 0 Å². The number of nitrogens with one attached hydrogen (secondary N) is 2. The lowest BCUT2D eigenvalue weighted by molar-refractivity contribution is -0.139. The van der Waals surface area contributed by atoms with Crippen molar-refractivity contribution in [3.8, 4) is 0 Å². The van der Waals surface area contributed by atoms with Gasteiger partial charge in [0.25, 0.3) is 0 Å². The Morgan fingerprint density at radius 1 is 0.900 bits per heavy atom. The maximum atomic E-state index is 11.5. The molecule has 0 aliphatic heterocycles. The third kappa shape index (κ3) is 6.89. The molecular formula is C15H22N2O3. The van der Waals surface area contributed by atoms with Gasteiger partial charge in [-0.05, 0) is 31.2 Å². The van der Waals surface area contributed by atoms with Crippen LogP contribution >= 0.6 is 0 Å². The number of carbonyl (C=O) groups excluding carboxylic acids is 2. The molecule has 0 atom stereocenters. The third-order valence-corrected chi connectivity index (χ3v) is 2.87. The minimum atomic E-state index is -0.595. The molecular weight excluding hydrogens is 256 g/mol. The van der Waals surface area contributed by atoms with E-state index in [4.69, 9.17) is 5.11 Å². The van der Waals surface area contributed by atoms with Crippen molar-refractivity contribution in [1.82, 2.24) is 10.6 Å². The van der Waals surface area contributed by atoms with Crippen LogP contribution in [0.3, 0.4) is 0 Å². The lowest BCUT2D eigenvalue weighted by Crippen LogP contribution is -2.40. The monoisotopic (exact) mass is 278 g/mol. The van der Waals surface area contributed by atoms with Crippen molar-refractivity contribution in [2.75, 3.05) is 19.7 Å². The molecule has 0 fully saturated rings. The first-order chi connectivity index (χ1) is 9.74. The van der Waals surface area contributed by atoms with Gasteiger partial charge in [-0.1, -0.05) is 30.3 Å². The van der Waals surface area contributed by atoms with Gasteiger partial charge in [0.1, 0.15) is 0 Å². The van der Waals surface area contributed by atoms with Crippen molar-refractivity contribution in [2.24, 2.45) is 0 Å². The van der Waals surface area contributed by atoms with E-state index in [-0.39, 0.29) is 6.61 Å². The predicted molar refractivity (Wildman–Crippen MR) is 77.1 cm³/mol. The normalized spacial score (nSPS) is 10.1. The molecule has 0 unspecified atom stereocenters. The van der Waals surface area contributed by atoms with Gasteiger partial charge in [0, 0.05) is 19.7 Å². The van der Waals surface area contributed by atoms with Gasteiger partial charge in [0.15, 0.2) is 0 Å². The highest BCUT2D eigenvalue weighted by molar-refractivity contribution is 6.35. The first kappa shape index (κ1) is 16.2.